The summed E-state index contributed by atoms with van der Waals surface area (Å²) in [6, 6.07) is 16.6. The molecule has 0 bridgehead atoms. The van der Waals surface area contributed by atoms with Crippen LogP contribution in [0.25, 0.3) is 0 Å². The van der Waals surface area contributed by atoms with Gasteiger partial charge in [-0.05, 0) is 49.8 Å². The van der Waals surface area contributed by atoms with E-state index in [0.29, 0.717) is 17.1 Å². The summed E-state index contributed by atoms with van der Waals surface area (Å²) in [7, 11) is 1.58. The van der Waals surface area contributed by atoms with Crippen LogP contribution >= 0.6 is 12.2 Å². The van der Waals surface area contributed by atoms with E-state index in [9.17, 15) is 9.59 Å². The number of amides is 2. The standard InChI is InChI=1S/C20H19N3O2S/c1-13-9-7-8-12-16(13)23-19(25)17(14(2)21-3)18(24)22(20(23)26)15-10-5-4-6-11-15/h4-12,17H,1-3H3/t17-/m0/s1. The van der Waals surface area contributed by atoms with E-state index in [1.807, 2.05) is 49.4 Å². The molecule has 2 aromatic carbocycles. The SMILES string of the molecule is CN=C(C)[C@H]1C(=O)N(c2ccccc2)C(=S)N(c2ccccc2C)C1=O. The number of thiocarbonyl (C=S) groups is 1. The fraction of sp³-hybridized carbons (Fsp3) is 0.200. The number of anilines is 2. The Morgan fingerprint density at radius 3 is 2.15 bits per heavy atom. The Labute approximate surface area is 157 Å². The molecule has 1 saturated heterocycles. The lowest BCUT2D eigenvalue weighted by Crippen LogP contribution is -2.62. The number of para-hydroxylation sites is 2. The summed E-state index contributed by atoms with van der Waals surface area (Å²) in [5.41, 5.74) is 2.66. The summed E-state index contributed by atoms with van der Waals surface area (Å²) in [5.74, 6) is -1.74. The quantitative estimate of drug-likeness (QED) is 0.476. The van der Waals surface area contributed by atoms with E-state index in [4.69, 9.17) is 12.2 Å². The zero-order chi connectivity index (χ0) is 18.8. The molecule has 0 saturated carbocycles. The number of nitrogens with zero attached hydrogens (tertiary/aromatic N) is 3. The Hall–Kier alpha value is -2.86. The number of carbonyl (C=O) groups is 2. The maximum atomic E-state index is 13.2. The smallest absolute Gasteiger partial charge is 0.251 e. The number of carbonyl (C=O) groups excluding carboxylic acids is 2. The van der Waals surface area contributed by atoms with E-state index in [2.05, 4.69) is 4.99 Å². The lowest BCUT2D eigenvalue weighted by molar-refractivity contribution is -0.129. The summed E-state index contributed by atoms with van der Waals surface area (Å²) < 4.78 is 0. The minimum atomic E-state index is -0.994. The topological polar surface area (TPSA) is 53.0 Å². The number of benzene rings is 2. The Bertz CT molecular complexity index is 908. The number of aryl methyl sites for hydroxylation is 1. The molecule has 0 aromatic heterocycles. The van der Waals surface area contributed by atoms with Crippen molar-refractivity contribution in [2.24, 2.45) is 10.9 Å². The van der Waals surface area contributed by atoms with Crippen molar-refractivity contribution in [1.29, 1.82) is 0 Å². The van der Waals surface area contributed by atoms with Crippen LogP contribution < -0.4 is 9.80 Å². The normalized spacial score (nSPS) is 18.5. The summed E-state index contributed by atoms with van der Waals surface area (Å²) >= 11 is 5.57. The van der Waals surface area contributed by atoms with Crippen LogP contribution in [0.15, 0.2) is 59.6 Å². The van der Waals surface area contributed by atoms with Crippen molar-refractivity contribution < 1.29 is 9.59 Å². The molecule has 132 valence electrons. The first-order chi connectivity index (χ1) is 12.5. The second-order valence-electron chi connectivity index (χ2n) is 6.05. The summed E-state index contributed by atoms with van der Waals surface area (Å²) in [6.45, 7) is 3.60. The summed E-state index contributed by atoms with van der Waals surface area (Å²) in [5, 5.41) is 0.153. The Morgan fingerprint density at radius 2 is 1.54 bits per heavy atom. The van der Waals surface area contributed by atoms with Gasteiger partial charge in [0.05, 0.1) is 11.4 Å². The largest absolute Gasteiger partial charge is 0.296 e. The summed E-state index contributed by atoms with van der Waals surface area (Å²) in [6.07, 6.45) is 0. The van der Waals surface area contributed by atoms with Crippen molar-refractivity contribution in [3.8, 4) is 0 Å². The van der Waals surface area contributed by atoms with Crippen LogP contribution in [0.2, 0.25) is 0 Å². The first-order valence-electron chi connectivity index (χ1n) is 8.23. The number of aliphatic imine (C=N–C) groups is 1. The molecular weight excluding hydrogens is 346 g/mol. The molecule has 1 heterocycles. The molecule has 2 aromatic rings. The highest BCUT2D eigenvalue weighted by atomic mass is 32.1. The molecule has 2 amide bonds. The average Bonchev–Trinajstić information content (AvgIpc) is 2.64. The second kappa shape index (κ2) is 7.17. The van der Waals surface area contributed by atoms with Crippen LogP contribution in [0.1, 0.15) is 12.5 Å². The average molecular weight is 365 g/mol. The molecule has 1 aliphatic rings. The highest BCUT2D eigenvalue weighted by molar-refractivity contribution is 7.81. The minimum absolute atomic E-state index is 0.153. The van der Waals surface area contributed by atoms with Crippen LogP contribution in [0.5, 0.6) is 0 Å². The molecule has 5 nitrogen and oxygen atoms in total. The molecule has 0 aliphatic carbocycles. The molecule has 1 fully saturated rings. The predicted molar refractivity (Wildman–Crippen MR) is 108 cm³/mol. The third kappa shape index (κ3) is 2.93. The molecule has 1 atom stereocenters. The van der Waals surface area contributed by atoms with E-state index in [1.54, 1.807) is 26.1 Å². The molecule has 26 heavy (non-hydrogen) atoms. The zero-order valence-corrected chi connectivity index (χ0v) is 15.7. The first-order valence-corrected chi connectivity index (χ1v) is 8.64. The number of rotatable bonds is 3. The third-order valence-corrected chi connectivity index (χ3v) is 4.82. The third-order valence-electron chi connectivity index (χ3n) is 4.46. The lowest BCUT2D eigenvalue weighted by atomic mass is 9.97. The highest BCUT2D eigenvalue weighted by Crippen LogP contribution is 2.31. The molecule has 3 rings (SSSR count). The molecule has 1 aliphatic heterocycles. The van der Waals surface area contributed by atoms with Gasteiger partial charge in [-0.1, -0.05) is 36.4 Å². The van der Waals surface area contributed by atoms with Crippen molar-refractivity contribution in [1.82, 2.24) is 0 Å². The maximum absolute atomic E-state index is 13.2. The minimum Gasteiger partial charge on any atom is -0.296 e. The van der Waals surface area contributed by atoms with Gasteiger partial charge in [-0.3, -0.25) is 24.4 Å². The van der Waals surface area contributed by atoms with Gasteiger partial charge in [0.1, 0.15) is 0 Å². The van der Waals surface area contributed by atoms with Crippen molar-refractivity contribution >= 4 is 46.2 Å². The number of hydrogen-bond acceptors (Lipinski definition) is 4. The molecule has 0 unspecified atom stereocenters. The first kappa shape index (κ1) is 17.9. The van der Waals surface area contributed by atoms with Crippen LogP contribution in [-0.4, -0.2) is 29.7 Å². The molecule has 0 radical (unpaired) electrons. The Kier molecular flexibility index (Phi) is 4.95. The van der Waals surface area contributed by atoms with Gasteiger partial charge >= 0.3 is 0 Å². The van der Waals surface area contributed by atoms with E-state index in [-0.39, 0.29) is 16.9 Å². The van der Waals surface area contributed by atoms with Gasteiger partial charge in [0.25, 0.3) is 11.8 Å². The van der Waals surface area contributed by atoms with E-state index in [1.165, 1.54) is 9.80 Å². The lowest BCUT2D eigenvalue weighted by Gasteiger charge is -2.39. The van der Waals surface area contributed by atoms with E-state index in [0.717, 1.165) is 5.56 Å². The Balaban J connectivity index is 2.18. The van der Waals surface area contributed by atoms with Crippen molar-refractivity contribution in [2.45, 2.75) is 13.8 Å². The van der Waals surface area contributed by atoms with Gasteiger partial charge in [0, 0.05) is 12.8 Å². The van der Waals surface area contributed by atoms with Crippen molar-refractivity contribution in [3.05, 3.63) is 60.2 Å². The fourth-order valence-electron chi connectivity index (χ4n) is 2.99. The van der Waals surface area contributed by atoms with Gasteiger partial charge in [-0.2, -0.15) is 0 Å². The van der Waals surface area contributed by atoms with Gasteiger partial charge in [-0.15, -0.1) is 0 Å². The van der Waals surface area contributed by atoms with Crippen molar-refractivity contribution in [2.75, 3.05) is 16.8 Å². The molecule has 0 N–H and O–H groups in total. The molecular formula is C20H19N3O2S. The molecule has 0 spiro atoms. The monoisotopic (exact) mass is 365 g/mol. The Morgan fingerprint density at radius 1 is 0.962 bits per heavy atom. The maximum Gasteiger partial charge on any atom is 0.251 e. The van der Waals surface area contributed by atoms with Gasteiger partial charge in [-0.25, -0.2) is 0 Å². The van der Waals surface area contributed by atoms with E-state index < -0.39 is 5.92 Å². The zero-order valence-electron chi connectivity index (χ0n) is 14.8. The number of hydrogen-bond donors (Lipinski definition) is 0. The van der Waals surface area contributed by atoms with Crippen molar-refractivity contribution in [3.63, 3.8) is 0 Å². The van der Waals surface area contributed by atoms with Crippen LogP contribution in [0.4, 0.5) is 11.4 Å². The van der Waals surface area contributed by atoms with Gasteiger partial charge < -0.3 is 0 Å². The van der Waals surface area contributed by atoms with Gasteiger partial charge in [0.2, 0.25) is 0 Å². The molecule has 6 heteroatoms. The van der Waals surface area contributed by atoms with E-state index >= 15 is 0 Å². The predicted octanol–water partition coefficient (Wildman–Crippen LogP) is 3.37. The highest BCUT2D eigenvalue weighted by Gasteiger charge is 2.46. The second-order valence-corrected chi connectivity index (χ2v) is 6.42. The van der Waals surface area contributed by atoms with Crippen LogP contribution in [0.3, 0.4) is 0 Å². The van der Waals surface area contributed by atoms with Crippen LogP contribution in [-0.2, 0) is 9.59 Å². The summed E-state index contributed by atoms with van der Waals surface area (Å²) in [4.78, 5) is 33.3. The van der Waals surface area contributed by atoms with Crippen LogP contribution in [0, 0.1) is 12.8 Å². The van der Waals surface area contributed by atoms with Gasteiger partial charge in [0.15, 0.2) is 11.0 Å². The fourth-order valence-corrected chi connectivity index (χ4v) is 3.37.